The Morgan fingerprint density at radius 2 is 1.68 bits per heavy atom. The summed E-state index contributed by atoms with van der Waals surface area (Å²) in [6, 6.07) is 14.4. The van der Waals surface area contributed by atoms with E-state index in [2.05, 4.69) is 5.32 Å². The van der Waals surface area contributed by atoms with Gasteiger partial charge in [0.2, 0.25) is 15.9 Å². The molecule has 0 unspecified atom stereocenters. The fraction of sp³-hybridized carbons (Fsp3) is 0.409. The smallest absolute Gasteiger partial charge is 0.244 e. The van der Waals surface area contributed by atoms with Gasteiger partial charge >= 0.3 is 0 Å². The van der Waals surface area contributed by atoms with Gasteiger partial charge < -0.3 is 5.32 Å². The second kappa shape index (κ2) is 8.35. The van der Waals surface area contributed by atoms with Crippen molar-refractivity contribution < 1.29 is 13.2 Å². The fourth-order valence-corrected chi connectivity index (χ4v) is 4.43. The van der Waals surface area contributed by atoms with E-state index in [9.17, 15) is 13.2 Å². The van der Waals surface area contributed by atoms with E-state index in [4.69, 9.17) is 0 Å². The molecule has 0 saturated carbocycles. The maximum absolute atomic E-state index is 12.9. The Kier molecular flexibility index (Phi) is 6.55. The minimum absolute atomic E-state index is 0.329. The van der Waals surface area contributed by atoms with Crippen LogP contribution in [0.3, 0.4) is 0 Å². The molecule has 6 heteroatoms. The van der Waals surface area contributed by atoms with Crippen molar-refractivity contribution in [3.63, 3.8) is 0 Å². The topological polar surface area (TPSA) is 66.5 Å². The number of anilines is 1. The minimum Gasteiger partial charge on any atom is -0.349 e. The Morgan fingerprint density at radius 3 is 2.21 bits per heavy atom. The molecule has 2 aromatic carbocycles. The van der Waals surface area contributed by atoms with E-state index in [1.807, 2.05) is 64.1 Å². The van der Waals surface area contributed by atoms with Gasteiger partial charge in [0.25, 0.3) is 0 Å². The van der Waals surface area contributed by atoms with Gasteiger partial charge in [0, 0.05) is 5.54 Å². The van der Waals surface area contributed by atoms with E-state index < -0.39 is 21.6 Å². The normalized spacial score (nSPS) is 13.1. The molecule has 0 heterocycles. The molecule has 0 fully saturated rings. The number of aryl methyl sites for hydroxylation is 2. The van der Waals surface area contributed by atoms with E-state index in [0.29, 0.717) is 12.1 Å². The molecule has 1 atom stereocenters. The van der Waals surface area contributed by atoms with Crippen molar-refractivity contribution in [2.45, 2.75) is 52.6 Å². The highest BCUT2D eigenvalue weighted by Crippen LogP contribution is 2.24. The first-order valence-corrected chi connectivity index (χ1v) is 11.2. The molecule has 0 bridgehead atoms. The lowest BCUT2D eigenvalue weighted by molar-refractivity contribution is -0.123. The van der Waals surface area contributed by atoms with Gasteiger partial charge in [0.05, 0.1) is 11.9 Å². The van der Waals surface area contributed by atoms with Crippen molar-refractivity contribution in [3.8, 4) is 0 Å². The third-order valence-electron chi connectivity index (χ3n) is 4.78. The van der Waals surface area contributed by atoms with Gasteiger partial charge in [-0.1, -0.05) is 36.4 Å². The van der Waals surface area contributed by atoms with E-state index in [1.165, 1.54) is 4.31 Å². The highest BCUT2D eigenvalue weighted by Gasteiger charge is 2.32. The Bertz CT molecular complexity index is 938. The Labute approximate surface area is 168 Å². The van der Waals surface area contributed by atoms with Crippen LogP contribution >= 0.6 is 0 Å². The number of rotatable bonds is 7. The summed E-state index contributed by atoms with van der Waals surface area (Å²) in [5, 5.41) is 3.01. The lowest BCUT2D eigenvalue weighted by atomic mass is 9.94. The standard InChI is InChI=1S/C22H30N2O3S/c1-16-12-13-20(14-17(16)2)24(28(6,26)27)18(3)21(25)23-22(4,5)15-19-10-8-7-9-11-19/h7-14,18H,15H2,1-6H3,(H,23,25)/t18-/m1/s1. The predicted molar refractivity (Wildman–Crippen MR) is 115 cm³/mol. The van der Waals surface area contributed by atoms with Gasteiger partial charge in [-0.2, -0.15) is 0 Å². The van der Waals surface area contributed by atoms with Crippen LogP contribution in [0.4, 0.5) is 5.69 Å². The number of amides is 1. The Balaban J connectivity index is 2.25. The van der Waals surface area contributed by atoms with Gasteiger partial charge in [0.1, 0.15) is 6.04 Å². The number of carbonyl (C=O) groups is 1. The van der Waals surface area contributed by atoms with Gasteiger partial charge in [-0.3, -0.25) is 9.10 Å². The van der Waals surface area contributed by atoms with Crippen LogP contribution in [0.25, 0.3) is 0 Å². The average molecular weight is 403 g/mol. The number of hydrogen-bond donors (Lipinski definition) is 1. The van der Waals surface area contributed by atoms with Crippen molar-refractivity contribution >= 4 is 21.6 Å². The quantitative estimate of drug-likeness (QED) is 0.770. The van der Waals surface area contributed by atoms with Gasteiger partial charge in [-0.05, 0) is 69.9 Å². The zero-order chi connectivity index (χ0) is 21.1. The van der Waals surface area contributed by atoms with Gasteiger partial charge in [-0.15, -0.1) is 0 Å². The molecule has 0 saturated heterocycles. The number of carbonyl (C=O) groups excluding carboxylic acids is 1. The summed E-state index contributed by atoms with van der Waals surface area (Å²) in [5.41, 5.74) is 3.13. The van der Waals surface area contributed by atoms with Crippen LogP contribution in [0.15, 0.2) is 48.5 Å². The average Bonchev–Trinajstić information content (AvgIpc) is 2.57. The molecule has 2 rings (SSSR count). The largest absolute Gasteiger partial charge is 0.349 e. The first-order chi connectivity index (χ1) is 12.9. The molecule has 1 N–H and O–H groups in total. The third-order valence-corrected chi connectivity index (χ3v) is 6.03. The SMILES string of the molecule is Cc1ccc(N([C@H](C)C(=O)NC(C)(C)Cc2ccccc2)S(C)(=O)=O)cc1C. The summed E-state index contributed by atoms with van der Waals surface area (Å²) in [7, 11) is -3.63. The monoisotopic (exact) mass is 402 g/mol. The molecule has 1 amide bonds. The number of sulfonamides is 1. The van der Waals surface area contributed by atoms with Crippen molar-refractivity contribution in [1.82, 2.24) is 5.32 Å². The molecule has 5 nitrogen and oxygen atoms in total. The van der Waals surface area contributed by atoms with E-state index in [-0.39, 0.29) is 5.91 Å². The summed E-state index contributed by atoms with van der Waals surface area (Å²) in [4.78, 5) is 12.9. The Morgan fingerprint density at radius 1 is 1.07 bits per heavy atom. The first-order valence-electron chi connectivity index (χ1n) is 9.33. The summed E-state index contributed by atoms with van der Waals surface area (Å²) in [6.45, 7) is 9.38. The van der Waals surface area contributed by atoms with Crippen LogP contribution in [0, 0.1) is 13.8 Å². The molecule has 0 aliphatic rings. The van der Waals surface area contributed by atoms with Crippen LogP contribution in [-0.4, -0.2) is 32.2 Å². The van der Waals surface area contributed by atoms with Crippen LogP contribution in [0.2, 0.25) is 0 Å². The number of benzene rings is 2. The predicted octanol–water partition coefficient (Wildman–Crippen LogP) is 3.60. The van der Waals surface area contributed by atoms with E-state index in [1.54, 1.807) is 19.1 Å². The number of nitrogens with one attached hydrogen (secondary N) is 1. The maximum atomic E-state index is 12.9. The minimum atomic E-state index is -3.63. The summed E-state index contributed by atoms with van der Waals surface area (Å²) in [6.07, 6.45) is 1.77. The zero-order valence-corrected chi connectivity index (χ0v) is 18.3. The van der Waals surface area contributed by atoms with Crippen molar-refractivity contribution in [2.75, 3.05) is 10.6 Å². The second-order valence-corrected chi connectivity index (χ2v) is 9.90. The van der Waals surface area contributed by atoms with Gasteiger partial charge in [0.15, 0.2) is 0 Å². The van der Waals surface area contributed by atoms with E-state index in [0.717, 1.165) is 22.9 Å². The highest BCUT2D eigenvalue weighted by molar-refractivity contribution is 7.92. The van der Waals surface area contributed by atoms with Crippen LogP contribution in [0.5, 0.6) is 0 Å². The molecular formula is C22H30N2O3S. The summed E-state index contributed by atoms with van der Waals surface area (Å²) >= 11 is 0. The molecule has 28 heavy (non-hydrogen) atoms. The molecule has 0 aliphatic carbocycles. The Hall–Kier alpha value is -2.34. The number of hydrogen-bond acceptors (Lipinski definition) is 3. The molecule has 0 aromatic heterocycles. The third kappa shape index (κ3) is 5.58. The van der Waals surface area contributed by atoms with Crippen LogP contribution in [0.1, 0.15) is 37.5 Å². The molecule has 2 aromatic rings. The molecule has 0 radical (unpaired) electrons. The second-order valence-electron chi connectivity index (χ2n) is 8.04. The number of nitrogens with zero attached hydrogens (tertiary/aromatic N) is 1. The van der Waals surface area contributed by atoms with Crippen LogP contribution < -0.4 is 9.62 Å². The van der Waals surface area contributed by atoms with E-state index >= 15 is 0 Å². The van der Waals surface area contributed by atoms with Crippen molar-refractivity contribution in [3.05, 3.63) is 65.2 Å². The highest BCUT2D eigenvalue weighted by atomic mass is 32.2. The zero-order valence-electron chi connectivity index (χ0n) is 17.5. The molecule has 0 aliphatic heterocycles. The van der Waals surface area contributed by atoms with Crippen molar-refractivity contribution in [2.24, 2.45) is 0 Å². The lowest BCUT2D eigenvalue weighted by Crippen LogP contribution is -2.54. The maximum Gasteiger partial charge on any atom is 0.244 e. The van der Waals surface area contributed by atoms with Gasteiger partial charge in [-0.25, -0.2) is 8.42 Å². The molecule has 152 valence electrons. The summed E-state index contributed by atoms with van der Waals surface area (Å²) < 4.78 is 26.1. The summed E-state index contributed by atoms with van der Waals surface area (Å²) in [5.74, 6) is -0.329. The fourth-order valence-electron chi connectivity index (χ4n) is 3.26. The molecule has 0 spiro atoms. The first kappa shape index (κ1) is 22.0. The molecular weight excluding hydrogens is 372 g/mol. The van der Waals surface area contributed by atoms with Crippen molar-refractivity contribution in [1.29, 1.82) is 0 Å². The lowest BCUT2D eigenvalue weighted by Gasteiger charge is -2.33. The van der Waals surface area contributed by atoms with Crippen LogP contribution in [-0.2, 0) is 21.2 Å².